The lowest BCUT2D eigenvalue weighted by Gasteiger charge is -2.28. The molecule has 0 saturated heterocycles. The van der Waals surface area contributed by atoms with Gasteiger partial charge in [0.2, 0.25) is 0 Å². The Hall–Kier alpha value is -3.35. The van der Waals surface area contributed by atoms with Crippen molar-refractivity contribution in [3.8, 4) is 5.75 Å². The monoisotopic (exact) mass is 492 g/mol. The third-order valence-corrected chi connectivity index (χ3v) is 6.67. The first kappa shape index (κ1) is 27.2. The SMILES string of the molecule is CN=C1c2cc(C(=O)NC)c(N(C)C)cc2CN1CC(=O)c1cc(C(C)(C)C)c(O)c(C(C)(C)C)c1. The van der Waals surface area contributed by atoms with Gasteiger partial charge in [-0.15, -0.1) is 0 Å². The predicted octanol–water partition coefficient (Wildman–Crippen LogP) is 4.49. The van der Waals surface area contributed by atoms with E-state index in [-0.39, 0.29) is 34.8 Å². The summed E-state index contributed by atoms with van der Waals surface area (Å²) in [4.78, 5) is 34.6. The number of fused-ring (bicyclic) bond motifs is 1. The summed E-state index contributed by atoms with van der Waals surface area (Å²) in [6, 6.07) is 7.53. The topological polar surface area (TPSA) is 85.2 Å². The molecule has 0 saturated carbocycles. The molecule has 0 atom stereocenters. The Morgan fingerprint density at radius 1 is 1.03 bits per heavy atom. The zero-order chi connectivity index (χ0) is 27.2. The first-order valence-electron chi connectivity index (χ1n) is 12.3. The van der Waals surface area contributed by atoms with Crippen LogP contribution in [0, 0.1) is 0 Å². The van der Waals surface area contributed by atoms with Gasteiger partial charge in [0, 0.05) is 62.7 Å². The van der Waals surface area contributed by atoms with Crippen LogP contribution in [-0.4, -0.2) is 62.3 Å². The lowest BCUT2D eigenvalue weighted by Crippen LogP contribution is -2.31. The predicted molar refractivity (Wildman–Crippen MR) is 147 cm³/mol. The van der Waals surface area contributed by atoms with E-state index in [0.29, 0.717) is 23.5 Å². The fraction of sp³-hybridized carbons (Fsp3) is 0.483. The molecule has 0 fully saturated rings. The molecule has 2 aromatic carbocycles. The summed E-state index contributed by atoms with van der Waals surface area (Å²) < 4.78 is 0. The quantitative estimate of drug-likeness (QED) is 0.601. The summed E-state index contributed by atoms with van der Waals surface area (Å²) in [5.74, 6) is 0.743. The number of ketones is 1. The van der Waals surface area contributed by atoms with Crippen molar-refractivity contribution < 1.29 is 14.7 Å². The van der Waals surface area contributed by atoms with Gasteiger partial charge in [-0.2, -0.15) is 0 Å². The maximum absolute atomic E-state index is 13.6. The van der Waals surface area contributed by atoms with Crippen molar-refractivity contribution in [3.05, 3.63) is 57.6 Å². The molecular weight excluding hydrogens is 452 g/mol. The van der Waals surface area contributed by atoms with E-state index in [1.54, 1.807) is 14.1 Å². The van der Waals surface area contributed by atoms with Crippen LogP contribution >= 0.6 is 0 Å². The van der Waals surface area contributed by atoms with Crippen molar-refractivity contribution in [2.24, 2.45) is 4.99 Å². The summed E-state index contributed by atoms with van der Waals surface area (Å²) in [5.41, 5.74) is 4.74. The first-order valence-corrected chi connectivity index (χ1v) is 12.3. The number of nitrogens with one attached hydrogen (secondary N) is 1. The molecule has 1 amide bonds. The van der Waals surface area contributed by atoms with Crippen LogP contribution < -0.4 is 10.2 Å². The number of anilines is 1. The van der Waals surface area contributed by atoms with E-state index in [9.17, 15) is 14.7 Å². The Bertz CT molecular complexity index is 1200. The fourth-order valence-electron chi connectivity index (χ4n) is 4.70. The normalized spacial score (nSPS) is 14.7. The van der Waals surface area contributed by atoms with Crippen molar-refractivity contribution in [1.29, 1.82) is 0 Å². The van der Waals surface area contributed by atoms with Crippen molar-refractivity contribution in [2.75, 3.05) is 39.6 Å². The van der Waals surface area contributed by atoms with E-state index >= 15 is 0 Å². The summed E-state index contributed by atoms with van der Waals surface area (Å²) in [7, 11) is 7.13. The number of phenols is 1. The molecule has 2 aromatic rings. The smallest absolute Gasteiger partial charge is 0.253 e. The average molecular weight is 493 g/mol. The largest absolute Gasteiger partial charge is 0.507 e. The molecular formula is C29H40N4O3. The van der Waals surface area contributed by atoms with Gasteiger partial charge in [0.25, 0.3) is 5.91 Å². The fourth-order valence-corrected chi connectivity index (χ4v) is 4.70. The van der Waals surface area contributed by atoms with Crippen LogP contribution in [-0.2, 0) is 17.4 Å². The van der Waals surface area contributed by atoms with Gasteiger partial charge in [-0.1, -0.05) is 41.5 Å². The number of phenolic OH excluding ortho intramolecular Hbond substituents is 1. The highest BCUT2D eigenvalue weighted by atomic mass is 16.3. The number of aromatic hydroxyl groups is 1. The second-order valence-corrected chi connectivity index (χ2v) is 11.7. The molecule has 0 aromatic heterocycles. The number of nitrogens with zero attached hydrogens (tertiary/aromatic N) is 3. The van der Waals surface area contributed by atoms with Gasteiger partial charge < -0.3 is 20.2 Å². The number of aliphatic imine (C=N–C) groups is 1. The number of hydrogen-bond acceptors (Lipinski definition) is 5. The van der Waals surface area contributed by atoms with E-state index in [0.717, 1.165) is 27.9 Å². The maximum atomic E-state index is 13.6. The number of amidine groups is 1. The van der Waals surface area contributed by atoms with E-state index in [4.69, 9.17) is 0 Å². The minimum atomic E-state index is -0.320. The standard InChI is InChI=1S/C29H40N4O3/c1-28(2,3)21-11-17(12-22(25(21)35)29(4,5)6)24(34)16-33-15-18-13-23(32(9)10)20(27(36)31-8)14-19(18)26(33)30-7/h11-14,35H,15-16H2,1-10H3,(H,31,36). The molecule has 0 aliphatic carbocycles. The van der Waals surface area contributed by atoms with Gasteiger partial charge in [-0.25, -0.2) is 0 Å². The third-order valence-electron chi connectivity index (χ3n) is 6.67. The van der Waals surface area contributed by atoms with Crippen molar-refractivity contribution in [3.63, 3.8) is 0 Å². The Balaban J connectivity index is 2.02. The highest BCUT2D eigenvalue weighted by molar-refractivity contribution is 6.09. The molecule has 0 bridgehead atoms. The summed E-state index contributed by atoms with van der Waals surface area (Å²) in [6.07, 6.45) is 0. The van der Waals surface area contributed by atoms with Crippen LogP contribution in [0.2, 0.25) is 0 Å². The number of hydrogen-bond donors (Lipinski definition) is 2. The van der Waals surface area contributed by atoms with Crippen LogP contribution in [0.3, 0.4) is 0 Å². The van der Waals surface area contributed by atoms with Crippen LogP contribution in [0.4, 0.5) is 5.69 Å². The Kier molecular flexibility index (Phi) is 7.26. The molecule has 0 unspecified atom stereocenters. The molecule has 7 heteroatoms. The average Bonchev–Trinajstić information content (AvgIpc) is 3.11. The van der Waals surface area contributed by atoms with Crippen molar-refractivity contribution in [1.82, 2.24) is 10.2 Å². The molecule has 1 aliphatic rings. The van der Waals surface area contributed by atoms with Gasteiger partial charge >= 0.3 is 0 Å². The molecule has 0 radical (unpaired) electrons. The number of carbonyl (C=O) groups excluding carboxylic acids is 2. The Morgan fingerprint density at radius 2 is 1.58 bits per heavy atom. The van der Waals surface area contributed by atoms with Crippen LogP contribution in [0.5, 0.6) is 5.75 Å². The first-order chi connectivity index (χ1) is 16.6. The molecule has 7 nitrogen and oxygen atoms in total. The van der Waals surface area contributed by atoms with Gasteiger partial charge in [-0.3, -0.25) is 14.6 Å². The highest BCUT2D eigenvalue weighted by Gasteiger charge is 2.32. The lowest BCUT2D eigenvalue weighted by molar-refractivity contribution is 0.0955. The zero-order valence-electron chi connectivity index (χ0n) is 23.3. The number of Topliss-reactive ketones (excluding diaryl/α,β-unsaturated/α-hetero) is 1. The molecule has 1 heterocycles. The molecule has 2 N–H and O–H groups in total. The summed E-state index contributed by atoms with van der Waals surface area (Å²) >= 11 is 0. The van der Waals surface area contributed by atoms with Gasteiger partial charge in [0.15, 0.2) is 5.78 Å². The second-order valence-electron chi connectivity index (χ2n) is 11.7. The maximum Gasteiger partial charge on any atom is 0.253 e. The Morgan fingerprint density at radius 3 is 2.03 bits per heavy atom. The minimum absolute atomic E-state index is 0.0423. The van der Waals surface area contributed by atoms with Crippen molar-refractivity contribution in [2.45, 2.75) is 58.9 Å². The second kappa shape index (κ2) is 9.60. The number of rotatable bonds is 5. The molecule has 36 heavy (non-hydrogen) atoms. The zero-order valence-corrected chi connectivity index (χ0v) is 23.3. The minimum Gasteiger partial charge on any atom is -0.507 e. The lowest BCUT2D eigenvalue weighted by atomic mass is 9.78. The third kappa shape index (κ3) is 5.11. The van der Waals surface area contributed by atoms with E-state index < -0.39 is 0 Å². The molecule has 1 aliphatic heterocycles. The summed E-state index contributed by atoms with van der Waals surface area (Å²) in [5, 5.41) is 13.7. The van der Waals surface area contributed by atoms with Crippen LogP contribution in [0.1, 0.15) is 84.5 Å². The Labute approximate surface area is 215 Å². The highest BCUT2D eigenvalue weighted by Crippen LogP contribution is 2.40. The molecule has 3 rings (SSSR count). The van der Waals surface area contributed by atoms with Gasteiger partial charge in [-0.05, 0) is 40.7 Å². The van der Waals surface area contributed by atoms with Crippen LogP contribution in [0.25, 0.3) is 0 Å². The van der Waals surface area contributed by atoms with E-state index in [1.807, 2.05) is 89.7 Å². The van der Waals surface area contributed by atoms with Crippen molar-refractivity contribution >= 4 is 23.2 Å². The number of carbonyl (C=O) groups is 2. The molecule has 0 spiro atoms. The van der Waals surface area contributed by atoms with Gasteiger partial charge in [0.1, 0.15) is 11.6 Å². The van der Waals surface area contributed by atoms with Gasteiger partial charge in [0.05, 0.1) is 12.1 Å². The summed E-state index contributed by atoms with van der Waals surface area (Å²) in [6.45, 7) is 12.9. The number of amides is 1. The van der Waals surface area contributed by atoms with Crippen LogP contribution in [0.15, 0.2) is 29.3 Å². The number of benzene rings is 2. The van der Waals surface area contributed by atoms with E-state index in [2.05, 4.69) is 10.3 Å². The molecule has 194 valence electrons. The van der Waals surface area contributed by atoms with E-state index in [1.165, 1.54) is 0 Å².